The van der Waals surface area contributed by atoms with Gasteiger partial charge in [0.1, 0.15) is 6.04 Å². The molecule has 0 spiro atoms. The minimum atomic E-state index is -0.791. The molecule has 1 aromatic heterocycles. The highest BCUT2D eigenvalue weighted by atomic mass is 16.4. The van der Waals surface area contributed by atoms with Crippen LogP contribution in [-0.4, -0.2) is 22.1 Å². The van der Waals surface area contributed by atoms with Gasteiger partial charge in [-0.3, -0.25) is 9.78 Å². The third-order valence-electron chi connectivity index (χ3n) is 4.03. The zero-order chi connectivity index (χ0) is 17.6. The van der Waals surface area contributed by atoms with E-state index in [0.29, 0.717) is 13.0 Å². The van der Waals surface area contributed by atoms with Crippen molar-refractivity contribution in [3.8, 4) is 11.1 Å². The second kappa shape index (κ2) is 8.06. The number of nitrogens with one attached hydrogen (secondary N) is 1. The molecule has 1 heterocycles. The van der Waals surface area contributed by atoms with E-state index in [4.69, 9.17) is 0 Å². The molecule has 0 aliphatic carbocycles. The lowest BCUT2D eigenvalue weighted by molar-refractivity contribution is -0.139. The molecule has 0 aliphatic heterocycles. The van der Waals surface area contributed by atoms with Crippen LogP contribution in [0.1, 0.15) is 39.2 Å². The molecule has 0 saturated heterocycles. The molecule has 0 bridgehead atoms. The molecular weight excluding hydrogens is 300 g/mol. The molecule has 24 heavy (non-hydrogen) atoms. The van der Waals surface area contributed by atoms with E-state index in [0.717, 1.165) is 23.1 Å². The smallest absolute Gasteiger partial charge is 0.320 e. The SMILES string of the molecule is CC(C)(C)CC[C@H](NCc1ccccc1-c1ccncc1)C(=O)O. The van der Waals surface area contributed by atoms with E-state index in [1.54, 1.807) is 12.4 Å². The molecule has 0 radical (unpaired) electrons. The zero-order valence-corrected chi connectivity index (χ0v) is 14.6. The van der Waals surface area contributed by atoms with Crippen molar-refractivity contribution >= 4 is 5.97 Å². The minimum absolute atomic E-state index is 0.129. The van der Waals surface area contributed by atoms with Crippen molar-refractivity contribution < 1.29 is 9.90 Å². The Morgan fingerprint density at radius 3 is 2.46 bits per heavy atom. The third-order valence-corrected chi connectivity index (χ3v) is 4.03. The van der Waals surface area contributed by atoms with Crippen LogP contribution in [0.2, 0.25) is 0 Å². The van der Waals surface area contributed by atoms with Crippen LogP contribution < -0.4 is 5.32 Å². The molecule has 0 aliphatic rings. The Balaban J connectivity index is 2.09. The van der Waals surface area contributed by atoms with Gasteiger partial charge in [-0.05, 0) is 47.1 Å². The number of aromatic nitrogens is 1. The molecule has 0 unspecified atom stereocenters. The summed E-state index contributed by atoms with van der Waals surface area (Å²) in [7, 11) is 0. The van der Waals surface area contributed by atoms with Crippen molar-refractivity contribution in [2.75, 3.05) is 0 Å². The van der Waals surface area contributed by atoms with Gasteiger partial charge in [0.2, 0.25) is 0 Å². The summed E-state index contributed by atoms with van der Waals surface area (Å²) in [6.07, 6.45) is 5.02. The van der Waals surface area contributed by atoms with Crippen LogP contribution in [0.5, 0.6) is 0 Å². The Morgan fingerprint density at radius 2 is 1.83 bits per heavy atom. The summed E-state index contributed by atoms with van der Waals surface area (Å²) >= 11 is 0. The van der Waals surface area contributed by atoms with Crippen molar-refractivity contribution in [2.45, 2.75) is 46.2 Å². The highest BCUT2D eigenvalue weighted by Crippen LogP contribution is 2.24. The average molecular weight is 326 g/mol. The maximum Gasteiger partial charge on any atom is 0.320 e. The van der Waals surface area contributed by atoms with E-state index in [-0.39, 0.29) is 5.41 Å². The lowest BCUT2D eigenvalue weighted by atomic mass is 9.88. The number of pyridine rings is 1. The standard InChI is InChI=1S/C20H26N2O2/c1-20(2,3)11-8-18(19(23)24)22-14-16-6-4-5-7-17(16)15-9-12-21-13-10-15/h4-7,9-10,12-13,18,22H,8,11,14H2,1-3H3,(H,23,24)/t18-/m0/s1. The third kappa shape index (κ3) is 5.46. The van der Waals surface area contributed by atoms with Gasteiger partial charge < -0.3 is 10.4 Å². The van der Waals surface area contributed by atoms with Crippen LogP contribution in [0.3, 0.4) is 0 Å². The highest BCUT2D eigenvalue weighted by Gasteiger charge is 2.20. The van der Waals surface area contributed by atoms with Crippen LogP contribution in [-0.2, 0) is 11.3 Å². The van der Waals surface area contributed by atoms with E-state index in [1.807, 2.05) is 30.3 Å². The number of benzene rings is 1. The Morgan fingerprint density at radius 1 is 1.17 bits per heavy atom. The summed E-state index contributed by atoms with van der Waals surface area (Å²) in [4.78, 5) is 15.6. The summed E-state index contributed by atoms with van der Waals surface area (Å²) in [6.45, 7) is 6.92. The zero-order valence-electron chi connectivity index (χ0n) is 14.6. The van der Waals surface area contributed by atoms with Gasteiger partial charge in [0.25, 0.3) is 0 Å². The highest BCUT2D eigenvalue weighted by molar-refractivity contribution is 5.73. The van der Waals surface area contributed by atoms with E-state index < -0.39 is 12.0 Å². The topological polar surface area (TPSA) is 62.2 Å². The maximum absolute atomic E-state index is 11.5. The molecule has 2 aromatic rings. The predicted molar refractivity (Wildman–Crippen MR) is 96.6 cm³/mol. The Hall–Kier alpha value is -2.20. The molecule has 0 amide bonds. The van der Waals surface area contributed by atoms with Gasteiger partial charge >= 0.3 is 5.97 Å². The molecular formula is C20H26N2O2. The minimum Gasteiger partial charge on any atom is -0.480 e. The molecule has 0 fully saturated rings. The molecule has 2 N–H and O–H groups in total. The van der Waals surface area contributed by atoms with Crippen molar-refractivity contribution in [3.63, 3.8) is 0 Å². The molecule has 2 rings (SSSR count). The fourth-order valence-electron chi connectivity index (χ4n) is 2.61. The van der Waals surface area contributed by atoms with Gasteiger partial charge in [0.15, 0.2) is 0 Å². The molecule has 128 valence electrons. The first-order chi connectivity index (χ1) is 11.4. The van der Waals surface area contributed by atoms with Gasteiger partial charge in [-0.15, -0.1) is 0 Å². The van der Waals surface area contributed by atoms with Crippen molar-refractivity contribution in [1.82, 2.24) is 10.3 Å². The fourth-order valence-corrected chi connectivity index (χ4v) is 2.61. The predicted octanol–water partition coefficient (Wildman–Crippen LogP) is 4.12. The molecule has 0 saturated carbocycles. The van der Waals surface area contributed by atoms with Crippen molar-refractivity contribution in [1.29, 1.82) is 0 Å². The monoisotopic (exact) mass is 326 g/mol. The largest absolute Gasteiger partial charge is 0.480 e. The van der Waals surface area contributed by atoms with Crippen LogP contribution in [0.15, 0.2) is 48.8 Å². The van der Waals surface area contributed by atoms with E-state index >= 15 is 0 Å². The van der Waals surface area contributed by atoms with Crippen molar-refractivity contribution in [3.05, 3.63) is 54.4 Å². The van der Waals surface area contributed by atoms with Crippen LogP contribution in [0.25, 0.3) is 11.1 Å². The Bertz CT molecular complexity index is 663. The summed E-state index contributed by atoms with van der Waals surface area (Å²) in [6, 6.07) is 11.5. The van der Waals surface area contributed by atoms with Crippen LogP contribution >= 0.6 is 0 Å². The summed E-state index contributed by atoms with van der Waals surface area (Å²) in [5.41, 5.74) is 3.41. The first-order valence-corrected chi connectivity index (χ1v) is 8.31. The first kappa shape index (κ1) is 18.1. The summed E-state index contributed by atoms with van der Waals surface area (Å²) in [5, 5.41) is 12.7. The maximum atomic E-state index is 11.5. The number of carbonyl (C=O) groups is 1. The summed E-state index contributed by atoms with van der Waals surface area (Å²) < 4.78 is 0. The number of nitrogens with zero attached hydrogens (tertiary/aromatic N) is 1. The molecule has 1 atom stereocenters. The molecule has 4 nitrogen and oxygen atoms in total. The number of carboxylic acids is 1. The van der Waals surface area contributed by atoms with Gasteiger partial charge in [-0.25, -0.2) is 0 Å². The van der Waals surface area contributed by atoms with Gasteiger partial charge in [-0.1, -0.05) is 45.0 Å². The van der Waals surface area contributed by atoms with Gasteiger partial charge in [-0.2, -0.15) is 0 Å². The Labute approximate surface area is 143 Å². The first-order valence-electron chi connectivity index (χ1n) is 8.31. The number of carboxylic acid groups (broad SMARTS) is 1. The number of rotatable bonds is 7. The summed E-state index contributed by atoms with van der Waals surface area (Å²) in [5.74, 6) is -0.791. The van der Waals surface area contributed by atoms with Crippen molar-refractivity contribution in [2.24, 2.45) is 5.41 Å². The van der Waals surface area contributed by atoms with Crippen LogP contribution in [0.4, 0.5) is 0 Å². The Kier molecular flexibility index (Phi) is 6.10. The molecule has 4 heteroatoms. The normalized spacial score (nSPS) is 12.8. The average Bonchev–Trinajstić information content (AvgIpc) is 2.54. The number of aliphatic carboxylic acids is 1. The van der Waals surface area contributed by atoms with E-state index in [1.165, 1.54) is 0 Å². The van der Waals surface area contributed by atoms with Gasteiger partial charge in [0, 0.05) is 18.9 Å². The second-order valence-electron chi connectivity index (χ2n) is 7.26. The quantitative estimate of drug-likeness (QED) is 0.803. The van der Waals surface area contributed by atoms with Gasteiger partial charge in [0.05, 0.1) is 0 Å². The number of hydrogen-bond acceptors (Lipinski definition) is 3. The lowest BCUT2D eigenvalue weighted by Crippen LogP contribution is -2.37. The molecule has 1 aromatic carbocycles. The van der Waals surface area contributed by atoms with E-state index in [9.17, 15) is 9.90 Å². The van der Waals surface area contributed by atoms with Crippen LogP contribution in [0, 0.1) is 5.41 Å². The fraction of sp³-hybridized carbons (Fsp3) is 0.400. The second-order valence-corrected chi connectivity index (χ2v) is 7.26. The number of hydrogen-bond donors (Lipinski definition) is 2. The van der Waals surface area contributed by atoms with E-state index in [2.05, 4.69) is 37.1 Å². The lowest BCUT2D eigenvalue weighted by Gasteiger charge is -2.22.